The first-order chi connectivity index (χ1) is 13.5. The number of nitrogens with zero attached hydrogens (tertiary/aromatic N) is 4. The molecule has 0 N–H and O–H groups in total. The summed E-state index contributed by atoms with van der Waals surface area (Å²) in [5.74, 6) is 1.29. The van der Waals surface area contributed by atoms with Crippen molar-refractivity contribution in [1.82, 2.24) is 19.5 Å². The van der Waals surface area contributed by atoms with Gasteiger partial charge in [-0.15, -0.1) is 0 Å². The molecule has 0 amide bonds. The largest absolute Gasteiger partial charge is 0.493 e. The summed E-state index contributed by atoms with van der Waals surface area (Å²) in [5, 5.41) is 0.355. The van der Waals surface area contributed by atoms with Crippen LogP contribution in [0.1, 0.15) is 13.8 Å². The summed E-state index contributed by atoms with van der Waals surface area (Å²) in [7, 11) is 1.48. The van der Waals surface area contributed by atoms with Crippen LogP contribution in [0.3, 0.4) is 0 Å². The van der Waals surface area contributed by atoms with E-state index in [0.29, 0.717) is 39.6 Å². The first-order valence-electron chi connectivity index (χ1n) is 8.47. The second-order valence-corrected chi connectivity index (χ2v) is 7.68. The van der Waals surface area contributed by atoms with Crippen LogP contribution in [-0.4, -0.2) is 33.2 Å². The van der Waals surface area contributed by atoms with Gasteiger partial charge < -0.3 is 13.9 Å². The Labute approximate surface area is 168 Å². The van der Waals surface area contributed by atoms with Crippen LogP contribution >= 0.6 is 23.6 Å². The summed E-state index contributed by atoms with van der Waals surface area (Å²) in [4.78, 5) is 26.6. The van der Waals surface area contributed by atoms with Gasteiger partial charge in [-0.2, -0.15) is 0 Å². The van der Waals surface area contributed by atoms with E-state index in [0.717, 1.165) is 0 Å². The first-order valence-corrected chi connectivity index (χ1v) is 9.70. The molecule has 0 bridgehead atoms. The summed E-state index contributed by atoms with van der Waals surface area (Å²) in [5.41, 5.74) is 0.526. The maximum atomic E-state index is 13.0. The second-order valence-electron chi connectivity index (χ2n) is 6.37. The number of fused-ring (bicyclic) bond motifs is 2. The summed E-state index contributed by atoms with van der Waals surface area (Å²) in [6, 6.07) is 5.15. The summed E-state index contributed by atoms with van der Waals surface area (Å²) < 4.78 is 17.7. The SMILES string of the molecule is COc1ccnc2c(=O)n(-c3nc4ccc(OCC(C)C)nc4s3)c(=S)oc12. The average molecular weight is 416 g/mol. The smallest absolute Gasteiger partial charge is 0.290 e. The Balaban J connectivity index is 1.85. The third-order valence-electron chi connectivity index (χ3n) is 3.84. The Kier molecular flexibility index (Phi) is 4.82. The van der Waals surface area contributed by atoms with E-state index in [4.69, 9.17) is 26.1 Å². The molecule has 0 aromatic carbocycles. The zero-order valence-electron chi connectivity index (χ0n) is 15.3. The number of aromatic nitrogens is 4. The Hall–Kier alpha value is -2.85. The van der Waals surface area contributed by atoms with Crippen LogP contribution in [0, 0.1) is 10.8 Å². The first kappa shape index (κ1) is 18.5. The van der Waals surface area contributed by atoms with Crippen LogP contribution in [0.4, 0.5) is 0 Å². The molecule has 0 radical (unpaired) electrons. The number of hydrogen-bond donors (Lipinski definition) is 0. The van der Waals surface area contributed by atoms with Gasteiger partial charge in [-0.25, -0.2) is 19.5 Å². The van der Waals surface area contributed by atoms with Crippen molar-refractivity contribution in [1.29, 1.82) is 0 Å². The fraction of sp³-hybridized carbons (Fsp3) is 0.278. The molecule has 0 saturated heterocycles. The normalized spacial score (nSPS) is 11.4. The van der Waals surface area contributed by atoms with Crippen molar-refractivity contribution in [3.8, 4) is 16.8 Å². The Bertz CT molecular complexity index is 1290. The van der Waals surface area contributed by atoms with Gasteiger partial charge in [-0.3, -0.25) is 4.79 Å². The molecule has 0 saturated carbocycles. The molecule has 144 valence electrons. The molecule has 10 heteroatoms. The van der Waals surface area contributed by atoms with Crippen LogP contribution in [0.15, 0.2) is 33.6 Å². The lowest BCUT2D eigenvalue weighted by molar-refractivity contribution is 0.262. The maximum Gasteiger partial charge on any atom is 0.290 e. The van der Waals surface area contributed by atoms with Gasteiger partial charge in [0.15, 0.2) is 11.3 Å². The van der Waals surface area contributed by atoms with Gasteiger partial charge in [0.1, 0.15) is 10.3 Å². The topological polar surface area (TPSA) is 92.3 Å². The number of hydrogen-bond acceptors (Lipinski definition) is 9. The highest BCUT2D eigenvalue weighted by molar-refractivity contribution is 7.71. The molecule has 0 fully saturated rings. The number of thiazole rings is 1. The van der Waals surface area contributed by atoms with Crippen LogP contribution < -0.4 is 15.0 Å². The predicted molar refractivity (Wildman–Crippen MR) is 108 cm³/mol. The Morgan fingerprint density at radius 2 is 2.11 bits per heavy atom. The third kappa shape index (κ3) is 3.25. The summed E-state index contributed by atoms with van der Waals surface area (Å²) >= 11 is 6.51. The molecular weight excluding hydrogens is 400 g/mol. The van der Waals surface area contributed by atoms with E-state index in [2.05, 4.69) is 28.8 Å². The van der Waals surface area contributed by atoms with Crippen LogP contribution in [-0.2, 0) is 0 Å². The molecule has 0 spiro atoms. The standard InChI is InChI=1S/C18H16N4O4S2/c1-9(2)8-25-12-5-4-10-15(21-12)28-17(20-10)22-16(23)13-14(26-18(22)27)11(24-3)6-7-19-13/h4-7,9H,8H2,1-3H3. The van der Waals surface area contributed by atoms with Crippen molar-refractivity contribution in [3.05, 3.63) is 39.6 Å². The number of rotatable bonds is 5. The fourth-order valence-corrected chi connectivity index (χ4v) is 3.78. The lowest BCUT2D eigenvalue weighted by Gasteiger charge is -2.06. The van der Waals surface area contributed by atoms with Crippen molar-refractivity contribution in [2.75, 3.05) is 13.7 Å². The summed E-state index contributed by atoms with van der Waals surface area (Å²) in [6.07, 6.45) is 1.48. The predicted octanol–water partition coefficient (Wildman–Crippen LogP) is 3.76. The molecule has 0 aliphatic carbocycles. The van der Waals surface area contributed by atoms with Gasteiger partial charge in [-0.1, -0.05) is 25.2 Å². The monoisotopic (exact) mass is 416 g/mol. The van der Waals surface area contributed by atoms with Crippen molar-refractivity contribution in [3.63, 3.8) is 0 Å². The molecular formula is C18H16N4O4S2. The zero-order valence-corrected chi connectivity index (χ0v) is 17.0. The highest BCUT2D eigenvalue weighted by Crippen LogP contribution is 2.27. The quantitative estimate of drug-likeness (QED) is 0.454. The number of methoxy groups -OCH3 is 1. The molecule has 0 atom stereocenters. The van der Waals surface area contributed by atoms with Gasteiger partial charge >= 0.3 is 0 Å². The van der Waals surface area contributed by atoms with Crippen LogP contribution in [0.25, 0.3) is 26.6 Å². The highest BCUT2D eigenvalue weighted by Gasteiger charge is 2.17. The minimum absolute atomic E-state index is 0.0425. The molecule has 0 aliphatic heterocycles. The molecule has 0 aliphatic rings. The zero-order chi connectivity index (χ0) is 19.8. The minimum atomic E-state index is -0.430. The highest BCUT2D eigenvalue weighted by atomic mass is 32.1. The molecule has 4 heterocycles. The van der Waals surface area contributed by atoms with Gasteiger partial charge in [0, 0.05) is 18.3 Å². The molecule has 4 aromatic rings. The molecule has 8 nitrogen and oxygen atoms in total. The summed E-state index contributed by atoms with van der Waals surface area (Å²) in [6.45, 7) is 4.69. The van der Waals surface area contributed by atoms with Crippen molar-refractivity contribution >= 4 is 45.0 Å². The lowest BCUT2D eigenvalue weighted by atomic mass is 10.2. The van der Waals surface area contributed by atoms with E-state index in [1.54, 1.807) is 18.2 Å². The van der Waals surface area contributed by atoms with Gasteiger partial charge in [0.2, 0.25) is 16.6 Å². The molecule has 4 rings (SSSR count). The lowest BCUT2D eigenvalue weighted by Crippen LogP contribution is -2.20. The van der Waals surface area contributed by atoms with E-state index < -0.39 is 5.56 Å². The van der Waals surface area contributed by atoms with Crippen molar-refractivity contribution < 1.29 is 13.9 Å². The number of ether oxygens (including phenoxy) is 2. The molecule has 4 aromatic heterocycles. The maximum absolute atomic E-state index is 13.0. The van der Waals surface area contributed by atoms with Gasteiger partial charge in [-0.05, 0) is 24.2 Å². The molecule has 0 unspecified atom stereocenters. The van der Waals surface area contributed by atoms with E-state index >= 15 is 0 Å². The average Bonchev–Trinajstić information content (AvgIpc) is 3.08. The Morgan fingerprint density at radius 1 is 1.29 bits per heavy atom. The third-order valence-corrected chi connectivity index (χ3v) is 5.06. The van der Waals surface area contributed by atoms with E-state index in [1.165, 1.54) is 29.2 Å². The van der Waals surface area contributed by atoms with E-state index in [-0.39, 0.29) is 15.9 Å². The second kappa shape index (κ2) is 7.28. The molecule has 28 heavy (non-hydrogen) atoms. The van der Waals surface area contributed by atoms with E-state index in [1.807, 2.05) is 0 Å². The fourth-order valence-electron chi connectivity index (χ4n) is 2.55. The minimum Gasteiger partial charge on any atom is -0.493 e. The Morgan fingerprint density at radius 3 is 2.86 bits per heavy atom. The number of pyridine rings is 2. The van der Waals surface area contributed by atoms with Crippen molar-refractivity contribution in [2.45, 2.75) is 13.8 Å². The van der Waals surface area contributed by atoms with Crippen LogP contribution in [0.2, 0.25) is 0 Å². The van der Waals surface area contributed by atoms with Crippen LogP contribution in [0.5, 0.6) is 11.6 Å². The van der Waals surface area contributed by atoms with E-state index in [9.17, 15) is 4.79 Å². The van der Waals surface area contributed by atoms with Gasteiger partial charge in [0.25, 0.3) is 10.4 Å². The van der Waals surface area contributed by atoms with Gasteiger partial charge in [0.05, 0.1) is 13.7 Å². The van der Waals surface area contributed by atoms with Crippen molar-refractivity contribution in [2.24, 2.45) is 5.92 Å².